The Morgan fingerprint density at radius 2 is 2.27 bits per heavy atom. The van der Waals surface area contributed by atoms with Crippen molar-refractivity contribution in [1.29, 1.82) is 0 Å². The normalized spacial score (nSPS) is 11.9. The Bertz CT molecular complexity index is 371. The molecular formula is C4H4ClIN2O2S. The second-order valence-electron chi connectivity index (χ2n) is 1.90. The van der Waals surface area contributed by atoms with Crippen molar-refractivity contribution >= 4 is 42.3 Å². The van der Waals surface area contributed by atoms with Gasteiger partial charge in [0.2, 0.25) is 0 Å². The monoisotopic (exact) mass is 306 g/mol. The summed E-state index contributed by atoms with van der Waals surface area (Å²) in [4.78, 5) is 0.0577. The van der Waals surface area contributed by atoms with Gasteiger partial charge >= 0.3 is 0 Å². The lowest BCUT2D eigenvalue weighted by atomic mass is 10.7. The lowest BCUT2D eigenvalue weighted by Crippen LogP contribution is -1.89. The molecule has 0 fully saturated rings. The predicted molar refractivity (Wildman–Crippen MR) is 49.0 cm³/mol. The van der Waals surface area contributed by atoms with E-state index in [4.69, 9.17) is 10.7 Å². The first kappa shape index (κ1) is 9.27. The number of hydrogen-bond acceptors (Lipinski definition) is 3. The van der Waals surface area contributed by atoms with Gasteiger partial charge in [-0.05, 0) is 22.6 Å². The molecular weight excluding hydrogens is 302 g/mol. The van der Waals surface area contributed by atoms with E-state index in [9.17, 15) is 8.42 Å². The fourth-order valence-corrected chi connectivity index (χ4v) is 3.20. The third kappa shape index (κ3) is 2.06. The van der Waals surface area contributed by atoms with Crippen LogP contribution in [-0.4, -0.2) is 18.2 Å². The van der Waals surface area contributed by atoms with Crippen molar-refractivity contribution in [2.24, 2.45) is 7.05 Å². The quantitative estimate of drug-likeness (QED) is 0.573. The van der Waals surface area contributed by atoms with Crippen LogP contribution >= 0.6 is 33.3 Å². The topological polar surface area (TPSA) is 52.0 Å². The van der Waals surface area contributed by atoms with E-state index in [0.29, 0.717) is 3.70 Å². The van der Waals surface area contributed by atoms with Gasteiger partial charge in [-0.2, -0.15) is 5.10 Å². The van der Waals surface area contributed by atoms with E-state index in [0.717, 1.165) is 0 Å². The molecule has 0 saturated carbocycles. The summed E-state index contributed by atoms with van der Waals surface area (Å²) in [5.41, 5.74) is 0. The molecule has 62 valence electrons. The van der Waals surface area contributed by atoms with Gasteiger partial charge in [0.15, 0.2) is 0 Å². The Hall–Kier alpha value is 0.180. The molecule has 0 saturated heterocycles. The number of nitrogens with zero attached hydrogens (tertiary/aromatic N) is 2. The molecule has 0 aliphatic rings. The second-order valence-corrected chi connectivity index (χ2v) is 5.45. The summed E-state index contributed by atoms with van der Waals surface area (Å²) in [6.07, 6.45) is 1.37. The molecule has 0 atom stereocenters. The minimum atomic E-state index is -3.63. The van der Waals surface area contributed by atoms with Crippen molar-refractivity contribution in [2.75, 3.05) is 0 Å². The lowest BCUT2D eigenvalue weighted by molar-refractivity contribution is 0.609. The third-order valence-corrected chi connectivity index (χ3v) is 3.50. The van der Waals surface area contributed by atoms with Gasteiger partial charge in [0.25, 0.3) is 9.05 Å². The molecule has 1 aromatic heterocycles. The maximum atomic E-state index is 10.8. The van der Waals surface area contributed by atoms with E-state index in [1.54, 1.807) is 7.05 Å². The first-order valence-corrected chi connectivity index (χ1v) is 5.94. The highest BCUT2D eigenvalue weighted by atomic mass is 127. The highest BCUT2D eigenvalue weighted by molar-refractivity contribution is 14.1. The van der Waals surface area contributed by atoms with Gasteiger partial charge in [-0.3, -0.25) is 4.68 Å². The number of hydrogen-bond donors (Lipinski definition) is 0. The average molecular weight is 307 g/mol. The molecule has 0 unspecified atom stereocenters. The van der Waals surface area contributed by atoms with Crippen molar-refractivity contribution in [1.82, 2.24) is 9.78 Å². The minimum absolute atomic E-state index is 0.0577. The molecule has 7 heteroatoms. The summed E-state index contributed by atoms with van der Waals surface area (Å²) in [6.45, 7) is 0. The van der Waals surface area contributed by atoms with Crippen LogP contribution in [0, 0.1) is 3.70 Å². The molecule has 0 N–H and O–H groups in total. The molecule has 0 aliphatic carbocycles. The standard InChI is InChI=1S/C4H4ClIN2O2S/c1-8-2-3(4(6)7-8)11(5,9)10/h2H,1H3. The van der Waals surface area contributed by atoms with Crippen molar-refractivity contribution in [3.63, 3.8) is 0 Å². The summed E-state index contributed by atoms with van der Waals surface area (Å²) in [5, 5.41) is 3.82. The molecule has 1 aromatic rings. The Kier molecular flexibility index (Phi) is 2.45. The van der Waals surface area contributed by atoms with E-state index < -0.39 is 9.05 Å². The van der Waals surface area contributed by atoms with E-state index in [2.05, 4.69) is 5.10 Å². The average Bonchev–Trinajstić information content (AvgIpc) is 2.08. The minimum Gasteiger partial charge on any atom is -0.273 e. The van der Waals surface area contributed by atoms with Crippen LogP contribution in [0.1, 0.15) is 0 Å². The molecule has 0 aliphatic heterocycles. The van der Waals surface area contributed by atoms with Crippen molar-refractivity contribution in [3.05, 3.63) is 9.90 Å². The molecule has 1 rings (SSSR count). The van der Waals surface area contributed by atoms with Crippen LogP contribution in [0.4, 0.5) is 0 Å². The zero-order valence-corrected chi connectivity index (χ0v) is 9.18. The van der Waals surface area contributed by atoms with Gasteiger partial charge in [0.05, 0.1) is 0 Å². The summed E-state index contributed by atoms with van der Waals surface area (Å²) >= 11 is 1.81. The largest absolute Gasteiger partial charge is 0.273 e. The Balaban J connectivity index is 3.36. The molecule has 0 aromatic carbocycles. The van der Waals surface area contributed by atoms with Crippen molar-refractivity contribution in [2.45, 2.75) is 4.90 Å². The smallest absolute Gasteiger partial charge is 0.265 e. The van der Waals surface area contributed by atoms with Crippen LogP contribution in [0.3, 0.4) is 0 Å². The van der Waals surface area contributed by atoms with E-state index >= 15 is 0 Å². The third-order valence-electron chi connectivity index (χ3n) is 1.02. The summed E-state index contributed by atoms with van der Waals surface area (Å²) in [5.74, 6) is 0. The highest BCUT2D eigenvalue weighted by Crippen LogP contribution is 2.19. The number of halogens is 2. The second kappa shape index (κ2) is 2.91. The number of aryl methyl sites for hydroxylation is 1. The Morgan fingerprint density at radius 1 is 1.73 bits per heavy atom. The first-order chi connectivity index (χ1) is 4.91. The maximum absolute atomic E-state index is 10.8. The number of aromatic nitrogens is 2. The molecule has 0 radical (unpaired) electrons. The summed E-state index contributed by atoms with van der Waals surface area (Å²) < 4.78 is 23.3. The van der Waals surface area contributed by atoms with E-state index in [1.165, 1.54) is 10.9 Å². The van der Waals surface area contributed by atoms with Gasteiger partial charge < -0.3 is 0 Å². The van der Waals surface area contributed by atoms with Crippen LogP contribution < -0.4 is 0 Å². The predicted octanol–water partition coefficient (Wildman–Crippen LogP) is 0.952. The number of rotatable bonds is 1. The first-order valence-electron chi connectivity index (χ1n) is 2.55. The van der Waals surface area contributed by atoms with Gasteiger partial charge in [0, 0.05) is 23.9 Å². The van der Waals surface area contributed by atoms with Crippen LogP contribution in [0.15, 0.2) is 11.1 Å². The van der Waals surface area contributed by atoms with Crippen molar-refractivity contribution in [3.8, 4) is 0 Å². The Morgan fingerprint density at radius 3 is 2.45 bits per heavy atom. The van der Waals surface area contributed by atoms with Gasteiger partial charge in [-0.25, -0.2) is 8.42 Å². The molecule has 4 nitrogen and oxygen atoms in total. The lowest BCUT2D eigenvalue weighted by Gasteiger charge is -1.86. The van der Waals surface area contributed by atoms with Crippen LogP contribution in [0.2, 0.25) is 0 Å². The maximum Gasteiger partial charge on any atom is 0.265 e. The van der Waals surface area contributed by atoms with Gasteiger partial charge in [0.1, 0.15) is 8.60 Å². The molecule has 0 amide bonds. The van der Waals surface area contributed by atoms with Crippen LogP contribution in [0.5, 0.6) is 0 Å². The zero-order valence-electron chi connectivity index (χ0n) is 5.45. The fourth-order valence-electron chi connectivity index (χ4n) is 0.603. The SMILES string of the molecule is Cn1cc(S(=O)(=O)Cl)c(I)n1. The van der Waals surface area contributed by atoms with E-state index in [-0.39, 0.29) is 4.90 Å². The molecule has 0 spiro atoms. The van der Waals surface area contributed by atoms with Gasteiger partial charge in [-0.15, -0.1) is 0 Å². The highest BCUT2D eigenvalue weighted by Gasteiger charge is 2.17. The fraction of sp³-hybridized carbons (Fsp3) is 0.250. The summed E-state index contributed by atoms with van der Waals surface area (Å²) in [7, 11) is 3.09. The van der Waals surface area contributed by atoms with Gasteiger partial charge in [-0.1, -0.05) is 0 Å². The zero-order chi connectivity index (χ0) is 8.65. The van der Waals surface area contributed by atoms with Crippen LogP contribution in [-0.2, 0) is 16.1 Å². The Labute approximate surface area is 82.1 Å². The van der Waals surface area contributed by atoms with Crippen LogP contribution in [0.25, 0.3) is 0 Å². The molecule has 11 heavy (non-hydrogen) atoms. The molecule has 0 bridgehead atoms. The van der Waals surface area contributed by atoms with E-state index in [1.807, 2.05) is 22.6 Å². The summed E-state index contributed by atoms with van der Waals surface area (Å²) in [6, 6.07) is 0. The molecule has 1 heterocycles. The van der Waals surface area contributed by atoms with Crippen molar-refractivity contribution < 1.29 is 8.42 Å².